The molecule has 21 heavy (non-hydrogen) atoms. The molecule has 3 heteroatoms. The molecule has 2 aromatic rings. The van der Waals surface area contributed by atoms with Gasteiger partial charge in [-0.05, 0) is 36.5 Å². The highest BCUT2D eigenvalue weighted by Gasteiger charge is 2.34. The molecule has 1 N–H and O–H groups in total. The van der Waals surface area contributed by atoms with E-state index < -0.39 is 0 Å². The number of halogens is 1. The summed E-state index contributed by atoms with van der Waals surface area (Å²) in [6.07, 6.45) is 2.17. The zero-order valence-corrected chi connectivity index (χ0v) is 14.5. The molecule has 1 unspecified atom stereocenters. The number of aryl methyl sites for hydroxylation is 1. The van der Waals surface area contributed by atoms with E-state index in [4.69, 9.17) is 4.42 Å². The molecule has 3 rings (SSSR count). The lowest BCUT2D eigenvalue weighted by Crippen LogP contribution is -2.32. The lowest BCUT2D eigenvalue weighted by atomic mass is 9.74. The Hall–Kier alpha value is -1.06. The van der Waals surface area contributed by atoms with E-state index in [0.29, 0.717) is 6.04 Å². The summed E-state index contributed by atoms with van der Waals surface area (Å²) in [7, 11) is 0. The van der Waals surface area contributed by atoms with E-state index in [9.17, 15) is 0 Å². The van der Waals surface area contributed by atoms with Gasteiger partial charge in [0.05, 0.1) is 0 Å². The topological polar surface area (TPSA) is 25.2 Å². The first-order chi connectivity index (χ1) is 9.94. The fourth-order valence-corrected chi connectivity index (χ4v) is 3.67. The zero-order chi connectivity index (χ0) is 15.0. The lowest BCUT2D eigenvalue weighted by molar-refractivity contribution is 0.233. The lowest BCUT2D eigenvalue weighted by Gasteiger charge is -2.35. The van der Waals surface area contributed by atoms with Crippen LogP contribution in [0.4, 0.5) is 0 Å². The Morgan fingerprint density at radius 1 is 1.33 bits per heavy atom. The van der Waals surface area contributed by atoms with E-state index in [1.807, 2.05) is 6.92 Å². The highest BCUT2D eigenvalue weighted by Crippen LogP contribution is 2.42. The Labute approximate surface area is 135 Å². The van der Waals surface area contributed by atoms with Crippen molar-refractivity contribution in [3.8, 4) is 0 Å². The zero-order valence-electron chi connectivity index (χ0n) is 12.9. The molecule has 1 aliphatic carbocycles. The standard InChI is InChI=1S/C18H22BrNO/c1-12-8-14-16(9-18(2,3)10-17(14)21-12)20-11-13-6-4-5-7-15(13)19/h4-8,16,20H,9-11H2,1-3H3. The van der Waals surface area contributed by atoms with Gasteiger partial charge in [0.1, 0.15) is 11.5 Å². The molecule has 0 amide bonds. The molecule has 0 aliphatic heterocycles. The van der Waals surface area contributed by atoms with Crippen molar-refractivity contribution in [2.24, 2.45) is 5.41 Å². The first-order valence-electron chi connectivity index (χ1n) is 7.51. The van der Waals surface area contributed by atoms with Gasteiger partial charge in [0.25, 0.3) is 0 Å². The summed E-state index contributed by atoms with van der Waals surface area (Å²) < 4.78 is 7.06. The van der Waals surface area contributed by atoms with Crippen LogP contribution in [0, 0.1) is 12.3 Å². The molecule has 0 saturated heterocycles. The van der Waals surface area contributed by atoms with Crippen LogP contribution in [0.2, 0.25) is 0 Å². The second kappa shape index (κ2) is 5.62. The normalized spacial score (nSPS) is 20.3. The first kappa shape index (κ1) is 14.9. The minimum atomic E-state index is 0.281. The van der Waals surface area contributed by atoms with Crippen molar-refractivity contribution in [1.82, 2.24) is 5.32 Å². The van der Waals surface area contributed by atoms with E-state index in [2.05, 4.69) is 65.4 Å². The van der Waals surface area contributed by atoms with Crippen molar-refractivity contribution in [2.75, 3.05) is 0 Å². The minimum Gasteiger partial charge on any atom is -0.466 e. The number of nitrogens with one attached hydrogen (secondary N) is 1. The van der Waals surface area contributed by atoms with Crippen LogP contribution < -0.4 is 5.32 Å². The molecule has 1 aromatic heterocycles. The first-order valence-corrected chi connectivity index (χ1v) is 8.30. The SMILES string of the molecule is Cc1cc2c(o1)CC(C)(C)CC2NCc1ccccc1Br. The molecular weight excluding hydrogens is 326 g/mol. The number of benzene rings is 1. The highest BCUT2D eigenvalue weighted by atomic mass is 79.9. The van der Waals surface area contributed by atoms with Gasteiger partial charge < -0.3 is 9.73 Å². The summed E-state index contributed by atoms with van der Waals surface area (Å²) in [4.78, 5) is 0. The van der Waals surface area contributed by atoms with Crippen LogP contribution in [-0.2, 0) is 13.0 Å². The molecular formula is C18H22BrNO. The molecule has 0 fully saturated rings. The van der Waals surface area contributed by atoms with Gasteiger partial charge in [-0.1, -0.05) is 48.0 Å². The van der Waals surface area contributed by atoms with Crippen molar-refractivity contribution >= 4 is 15.9 Å². The number of hydrogen-bond donors (Lipinski definition) is 1. The van der Waals surface area contributed by atoms with E-state index >= 15 is 0 Å². The van der Waals surface area contributed by atoms with E-state index in [0.717, 1.165) is 35.4 Å². The van der Waals surface area contributed by atoms with Crippen LogP contribution >= 0.6 is 15.9 Å². The maximum atomic E-state index is 5.90. The monoisotopic (exact) mass is 347 g/mol. The molecule has 0 radical (unpaired) electrons. The Morgan fingerprint density at radius 3 is 2.86 bits per heavy atom. The molecule has 1 aliphatic rings. The Balaban J connectivity index is 1.80. The van der Waals surface area contributed by atoms with Crippen molar-refractivity contribution < 1.29 is 4.42 Å². The van der Waals surface area contributed by atoms with Crippen LogP contribution in [0.25, 0.3) is 0 Å². The van der Waals surface area contributed by atoms with Gasteiger partial charge in [0, 0.05) is 29.0 Å². The number of hydrogen-bond acceptors (Lipinski definition) is 2. The van der Waals surface area contributed by atoms with Gasteiger partial charge >= 0.3 is 0 Å². The summed E-state index contributed by atoms with van der Waals surface area (Å²) in [5.74, 6) is 2.18. The molecule has 112 valence electrons. The molecule has 1 aromatic carbocycles. The van der Waals surface area contributed by atoms with E-state index in [-0.39, 0.29) is 5.41 Å². The quantitative estimate of drug-likeness (QED) is 0.829. The minimum absolute atomic E-state index is 0.281. The van der Waals surface area contributed by atoms with Crippen molar-refractivity contribution in [3.05, 3.63) is 57.5 Å². The smallest absolute Gasteiger partial charge is 0.109 e. The maximum Gasteiger partial charge on any atom is 0.109 e. The third kappa shape index (κ3) is 3.24. The third-order valence-corrected chi connectivity index (χ3v) is 5.01. The van der Waals surface area contributed by atoms with E-state index in [1.165, 1.54) is 11.1 Å². The number of fused-ring (bicyclic) bond motifs is 1. The third-order valence-electron chi connectivity index (χ3n) is 4.23. The second-order valence-corrected chi connectivity index (χ2v) is 7.66. The Kier molecular flexibility index (Phi) is 3.98. The van der Waals surface area contributed by atoms with Crippen molar-refractivity contribution in [1.29, 1.82) is 0 Å². The average molecular weight is 348 g/mol. The summed E-state index contributed by atoms with van der Waals surface area (Å²) in [5.41, 5.74) is 2.92. The number of furan rings is 1. The molecule has 0 spiro atoms. The van der Waals surface area contributed by atoms with Gasteiger partial charge in [-0.15, -0.1) is 0 Å². The number of rotatable bonds is 3. The average Bonchev–Trinajstić information content (AvgIpc) is 2.76. The molecule has 1 heterocycles. The summed E-state index contributed by atoms with van der Waals surface area (Å²) in [5, 5.41) is 3.71. The highest BCUT2D eigenvalue weighted by molar-refractivity contribution is 9.10. The van der Waals surface area contributed by atoms with Crippen LogP contribution in [0.5, 0.6) is 0 Å². The summed E-state index contributed by atoms with van der Waals surface area (Å²) in [6.45, 7) is 7.55. The van der Waals surface area contributed by atoms with Crippen LogP contribution in [0.15, 0.2) is 39.2 Å². The van der Waals surface area contributed by atoms with Gasteiger partial charge in [-0.3, -0.25) is 0 Å². The van der Waals surface area contributed by atoms with Gasteiger partial charge in [-0.25, -0.2) is 0 Å². The van der Waals surface area contributed by atoms with Crippen molar-refractivity contribution in [2.45, 2.75) is 46.2 Å². The largest absolute Gasteiger partial charge is 0.466 e. The van der Waals surface area contributed by atoms with Crippen LogP contribution in [0.1, 0.15) is 49.0 Å². The van der Waals surface area contributed by atoms with Crippen LogP contribution in [-0.4, -0.2) is 0 Å². The van der Waals surface area contributed by atoms with Gasteiger partial charge in [0.15, 0.2) is 0 Å². The molecule has 2 nitrogen and oxygen atoms in total. The molecule has 0 bridgehead atoms. The Morgan fingerprint density at radius 2 is 2.10 bits per heavy atom. The molecule has 1 atom stereocenters. The summed E-state index contributed by atoms with van der Waals surface area (Å²) in [6, 6.07) is 11.0. The fourth-order valence-electron chi connectivity index (χ4n) is 3.24. The summed E-state index contributed by atoms with van der Waals surface area (Å²) >= 11 is 3.62. The van der Waals surface area contributed by atoms with E-state index in [1.54, 1.807) is 0 Å². The van der Waals surface area contributed by atoms with Crippen LogP contribution in [0.3, 0.4) is 0 Å². The Bertz CT molecular complexity index is 644. The van der Waals surface area contributed by atoms with Crippen molar-refractivity contribution in [3.63, 3.8) is 0 Å². The predicted molar refractivity (Wildman–Crippen MR) is 89.3 cm³/mol. The second-order valence-electron chi connectivity index (χ2n) is 6.81. The molecule has 0 saturated carbocycles. The maximum absolute atomic E-state index is 5.90. The van der Waals surface area contributed by atoms with Gasteiger partial charge in [-0.2, -0.15) is 0 Å². The predicted octanol–water partition coefficient (Wildman–Crippen LogP) is 5.15. The van der Waals surface area contributed by atoms with Gasteiger partial charge in [0.2, 0.25) is 0 Å². The fraction of sp³-hybridized carbons (Fsp3) is 0.444.